The summed E-state index contributed by atoms with van der Waals surface area (Å²) in [5.74, 6) is 0.235. The standard InChI is InChI=1S/C25H18Br2FNO4/c1-2-31-22-13-15(11-19(27)23(22)32-14-16-7-3-6-10-20(16)28)12-21-25(30)33-24(29-21)17-8-4-5-9-18(17)26/h3-13H,2,14H2,1H3/b21-12-. The molecule has 168 valence electrons. The predicted octanol–water partition coefficient (Wildman–Crippen LogP) is 6.67. The van der Waals surface area contributed by atoms with E-state index >= 15 is 0 Å². The minimum atomic E-state index is -0.547. The Kier molecular flexibility index (Phi) is 7.25. The van der Waals surface area contributed by atoms with Crippen molar-refractivity contribution in [2.45, 2.75) is 13.5 Å². The van der Waals surface area contributed by atoms with Gasteiger partial charge in [-0.2, -0.15) is 0 Å². The molecule has 4 rings (SSSR count). The Morgan fingerprint density at radius 3 is 2.55 bits per heavy atom. The SMILES string of the molecule is CCOc1cc(/C=C2\N=C(c3ccccc3Br)OC2=O)cc(Br)c1OCc1ccccc1F. The molecule has 0 spiro atoms. The number of carbonyl (C=O) groups excluding carboxylic acids is 1. The number of rotatable bonds is 7. The molecule has 0 bridgehead atoms. The molecule has 0 saturated carbocycles. The highest BCUT2D eigenvalue weighted by molar-refractivity contribution is 9.10. The average molecular weight is 575 g/mol. The second kappa shape index (κ2) is 10.3. The number of ether oxygens (including phenoxy) is 3. The fourth-order valence-corrected chi connectivity index (χ4v) is 4.19. The van der Waals surface area contributed by atoms with E-state index in [0.717, 1.165) is 4.47 Å². The van der Waals surface area contributed by atoms with Crippen LogP contribution in [-0.2, 0) is 16.1 Å². The molecule has 0 saturated heterocycles. The lowest BCUT2D eigenvalue weighted by Crippen LogP contribution is -2.06. The van der Waals surface area contributed by atoms with Crippen molar-refractivity contribution in [3.63, 3.8) is 0 Å². The van der Waals surface area contributed by atoms with E-state index in [-0.39, 0.29) is 24.0 Å². The number of halogens is 3. The Labute approximate surface area is 207 Å². The van der Waals surface area contributed by atoms with Crippen LogP contribution >= 0.6 is 31.9 Å². The third-order valence-electron chi connectivity index (χ3n) is 4.69. The average Bonchev–Trinajstić information content (AvgIpc) is 3.14. The van der Waals surface area contributed by atoms with Crippen molar-refractivity contribution >= 4 is 49.8 Å². The predicted molar refractivity (Wildman–Crippen MR) is 131 cm³/mol. The zero-order valence-corrected chi connectivity index (χ0v) is 20.7. The summed E-state index contributed by atoms with van der Waals surface area (Å²) in [5, 5.41) is 0. The van der Waals surface area contributed by atoms with Crippen LogP contribution in [0.5, 0.6) is 11.5 Å². The maximum absolute atomic E-state index is 14.0. The van der Waals surface area contributed by atoms with E-state index in [1.165, 1.54) is 6.07 Å². The van der Waals surface area contributed by atoms with Gasteiger partial charge in [-0.05, 0) is 80.8 Å². The molecule has 0 N–H and O–H groups in total. The highest BCUT2D eigenvalue weighted by atomic mass is 79.9. The van der Waals surface area contributed by atoms with Crippen LogP contribution in [0.3, 0.4) is 0 Å². The summed E-state index contributed by atoms with van der Waals surface area (Å²) in [6, 6.07) is 17.3. The molecule has 3 aromatic carbocycles. The number of nitrogens with zero attached hydrogens (tertiary/aromatic N) is 1. The van der Waals surface area contributed by atoms with Gasteiger partial charge in [0.15, 0.2) is 17.2 Å². The molecule has 0 atom stereocenters. The number of esters is 1. The van der Waals surface area contributed by atoms with Gasteiger partial charge in [-0.1, -0.05) is 30.3 Å². The second-order valence-corrected chi connectivity index (χ2v) is 8.67. The number of aliphatic imine (C=N–C) groups is 1. The number of hydrogen-bond acceptors (Lipinski definition) is 5. The van der Waals surface area contributed by atoms with Crippen LogP contribution in [0.4, 0.5) is 4.39 Å². The molecule has 3 aromatic rings. The monoisotopic (exact) mass is 573 g/mol. The maximum atomic E-state index is 14.0. The van der Waals surface area contributed by atoms with E-state index in [1.54, 1.807) is 36.4 Å². The van der Waals surface area contributed by atoms with E-state index in [2.05, 4.69) is 36.9 Å². The number of cyclic esters (lactones) is 1. The first-order valence-corrected chi connectivity index (χ1v) is 11.6. The van der Waals surface area contributed by atoms with Crippen LogP contribution in [-0.4, -0.2) is 18.5 Å². The third kappa shape index (κ3) is 5.34. The molecule has 0 amide bonds. The van der Waals surface area contributed by atoms with Gasteiger partial charge in [-0.3, -0.25) is 0 Å². The van der Waals surface area contributed by atoms with Gasteiger partial charge < -0.3 is 14.2 Å². The van der Waals surface area contributed by atoms with E-state index in [0.29, 0.717) is 39.3 Å². The van der Waals surface area contributed by atoms with Gasteiger partial charge in [0.2, 0.25) is 5.90 Å². The molecule has 5 nitrogen and oxygen atoms in total. The molecule has 1 aliphatic rings. The first kappa shape index (κ1) is 23.2. The van der Waals surface area contributed by atoms with E-state index in [1.807, 2.05) is 31.2 Å². The number of hydrogen-bond donors (Lipinski definition) is 0. The van der Waals surface area contributed by atoms with Crippen molar-refractivity contribution in [3.05, 3.63) is 97.8 Å². The van der Waals surface area contributed by atoms with Crippen LogP contribution in [0.25, 0.3) is 6.08 Å². The molecule has 0 fully saturated rings. The lowest BCUT2D eigenvalue weighted by atomic mass is 10.1. The van der Waals surface area contributed by atoms with E-state index in [9.17, 15) is 9.18 Å². The Morgan fingerprint density at radius 2 is 1.79 bits per heavy atom. The highest BCUT2D eigenvalue weighted by Crippen LogP contribution is 2.38. The molecule has 0 aliphatic carbocycles. The minimum Gasteiger partial charge on any atom is -0.490 e. The minimum absolute atomic E-state index is 0.0394. The van der Waals surface area contributed by atoms with Crippen LogP contribution < -0.4 is 9.47 Å². The topological polar surface area (TPSA) is 57.1 Å². The van der Waals surface area contributed by atoms with Crippen molar-refractivity contribution in [3.8, 4) is 11.5 Å². The van der Waals surface area contributed by atoms with Crippen molar-refractivity contribution in [2.24, 2.45) is 4.99 Å². The Morgan fingerprint density at radius 1 is 1.03 bits per heavy atom. The van der Waals surface area contributed by atoms with Crippen LogP contribution in [0.15, 0.2) is 80.3 Å². The van der Waals surface area contributed by atoms with Gasteiger partial charge >= 0.3 is 5.97 Å². The van der Waals surface area contributed by atoms with Gasteiger partial charge in [0.1, 0.15) is 12.4 Å². The fraction of sp³-hybridized carbons (Fsp3) is 0.120. The van der Waals surface area contributed by atoms with Crippen LogP contribution in [0.1, 0.15) is 23.6 Å². The normalized spacial score (nSPS) is 14.2. The van der Waals surface area contributed by atoms with Gasteiger partial charge in [-0.15, -0.1) is 0 Å². The largest absolute Gasteiger partial charge is 0.490 e. The fourth-order valence-electron chi connectivity index (χ4n) is 3.16. The summed E-state index contributed by atoms with van der Waals surface area (Å²) < 4.78 is 32.3. The van der Waals surface area contributed by atoms with Crippen molar-refractivity contribution < 1.29 is 23.4 Å². The lowest BCUT2D eigenvalue weighted by Gasteiger charge is -2.15. The van der Waals surface area contributed by atoms with Crippen molar-refractivity contribution in [2.75, 3.05) is 6.61 Å². The van der Waals surface area contributed by atoms with Crippen LogP contribution in [0.2, 0.25) is 0 Å². The smallest absolute Gasteiger partial charge is 0.363 e. The third-order valence-corrected chi connectivity index (χ3v) is 5.97. The maximum Gasteiger partial charge on any atom is 0.363 e. The molecular weight excluding hydrogens is 557 g/mol. The zero-order valence-electron chi connectivity index (χ0n) is 17.5. The molecule has 33 heavy (non-hydrogen) atoms. The van der Waals surface area contributed by atoms with Crippen molar-refractivity contribution in [1.82, 2.24) is 0 Å². The highest BCUT2D eigenvalue weighted by Gasteiger charge is 2.25. The molecule has 0 unspecified atom stereocenters. The summed E-state index contributed by atoms with van der Waals surface area (Å²) in [5.41, 5.74) is 1.94. The number of benzene rings is 3. The molecule has 0 aromatic heterocycles. The van der Waals surface area contributed by atoms with Gasteiger partial charge in [0.25, 0.3) is 0 Å². The summed E-state index contributed by atoms with van der Waals surface area (Å²) >= 11 is 6.94. The Bertz CT molecular complexity index is 1270. The van der Waals surface area contributed by atoms with Gasteiger partial charge in [0.05, 0.1) is 16.6 Å². The molecule has 1 aliphatic heterocycles. The molecular formula is C25H18Br2FNO4. The van der Waals surface area contributed by atoms with Gasteiger partial charge in [0, 0.05) is 10.0 Å². The summed E-state index contributed by atoms with van der Waals surface area (Å²) in [7, 11) is 0. The second-order valence-electron chi connectivity index (χ2n) is 6.96. The van der Waals surface area contributed by atoms with E-state index < -0.39 is 5.97 Å². The Hall–Kier alpha value is -2.97. The molecule has 1 heterocycles. The summed E-state index contributed by atoms with van der Waals surface area (Å²) in [4.78, 5) is 16.8. The van der Waals surface area contributed by atoms with E-state index in [4.69, 9.17) is 14.2 Å². The lowest BCUT2D eigenvalue weighted by molar-refractivity contribution is -0.129. The van der Waals surface area contributed by atoms with Crippen molar-refractivity contribution in [1.29, 1.82) is 0 Å². The Balaban J connectivity index is 1.63. The quantitative estimate of drug-likeness (QED) is 0.233. The molecule has 0 radical (unpaired) electrons. The first-order valence-electron chi connectivity index (χ1n) is 10.1. The first-order chi connectivity index (χ1) is 16.0. The molecule has 8 heteroatoms. The number of carbonyl (C=O) groups is 1. The van der Waals surface area contributed by atoms with Gasteiger partial charge in [-0.25, -0.2) is 14.2 Å². The summed E-state index contributed by atoms with van der Waals surface area (Å²) in [6.45, 7) is 2.29. The van der Waals surface area contributed by atoms with Crippen LogP contribution in [0, 0.1) is 5.82 Å². The zero-order chi connectivity index (χ0) is 23.4. The summed E-state index contributed by atoms with van der Waals surface area (Å²) in [6.07, 6.45) is 1.61.